The van der Waals surface area contributed by atoms with Crippen LogP contribution in [0.3, 0.4) is 0 Å². The Hall–Kier alpha value is -1.30. The minimum absolute atomic E-state index is 0.0895. The lowest BCUT2D eigenvalue weighted by atomic mass is 10.1. The summed E-state index contributed by atoms with van der Waals surface area (Å²) in [5.74, 6) is -0.00844. The van der Waals surface area contributed by atoms with Crippen molar-refractivity contribution >= 4 is 11.7 Å². The van der Waals surface area contributed by atoms with Crippen LogP contribution in [-0.2, 0) is 4.79 Å². The average Bonchev–Trinajstić information content (AvgIpc) is 2.23. The lowest BCUT2D eigenvalue weighted by Crippen LogP contribution is -2.52. The van der Waals surface area contributed by atoms with Crippen LogP contribution in [0, 0.1) is 0 Å². The van der Waals surface area contributed by atoms with Gasteiger partial charge in [0.1, 0.15) is 0 Å². The van der Waals surface area contributed by atoms with Crippen molar-refractivity contribution in [2.75, 3.05) is 0 Å². The SMILES string of the molecule is CCC(NC(C)C(=O)NC(C)C)C(N)=NO. The maximum atomic E-state index is 11.6. The molecule has 6 nitrogen and oxygen atoms in total. The van der Waals surface area contributed by atoms with Crippen LogP contribution in [0.4, 0.5) is 0 Å². The molecule has 16 heavy (non-hydrogen) atoms. The smallest absolute Gasteiger partial charge is 0.237 e. The number of rotatable bonds is 6. The van der Waals surface area contributed by atoms with Crippen molar-refractivity contribution in [3.63, 3.8) is 0 Å². The van der Waals surface area contributed by atoms with E-state index in [9.17, 15) is 4.79 Å². The number of nitrogens with zero attached hydrogens (tertiary/aromatic N) is 1. The molecule has 2 atom stereocenters. The number of amides is 1. The van der Waals surface area contributed by atoms with Crippen LogP contribution < -0.4 is 16.4 Å². The molecule has 1 amide bonds. The van der Waals surface area contributed by atoms with E-state index in [-0.39, 0.29) is 29.9 Å². The van der Waals surface area contributed by atoms with E-state index in [4.69, 9.17) is 10.9 Å². The first-order valence-electron chi connectivity index (χ1n) is 5.46. The van der Waals surface area contributed by atoms with Crippen molar-refractivity contribution in [1.29, 1.82) is 0 Å². The van der Waals surface area contributed by atoms with E-state index in [0.29, 0.717) is 6.42 Å². The first kappa shape index (κ1) is 14.7. The van der Waals surface area contributed by atoms with Crippen LogP contribution in [0.15, 0.2) is 5.16 Å². The van der Waals surface area contributed by atoms with E-state index in [0.717, 1.165) is 0 Å². The molecule has 0 saturated heterocycles. The molecule has 0 aliphatic rings. The molecule has 6 heteroatoms. The molecule has 2 unspecified atom stereocenters. The van der Waals surface area contributed by atoms with E-state index in [1.807, 2.05) is 20.8 Å². The maximum absolute atomic E-state index is 11.6. The van der Waals surface area contributed by atoms with Gasteiger partial charge in [0, 0.05) is 6.04 Å². The lowest BCUT2D eigenvalue weighted by Gasteiger charge is -2.21. The first-order valence-corrected chi connectivity index (χ1v) is 5.46. The summed E-state index contributed by atoms with van der Waals surface area (Å²) in [5.41, 5.74) is 5.48. The number of hydrogen-bond donors (Lipinski definition) is 4. The molecule has 0 aliphatic carbocycles. The predicted octanol–water partition coefficient (Wildman–Crippen LogP) is 0.0141. The van der Waals surface area contributed by atoms with Gasteiger partial charge in [-0.25, -0.2) is 0 Å². The fourth-order valence-electron chi connectivity index (χ4n) is 1.27. The van der Waals surface area contributed by atoms with Gasteiger partial charge in [-0.3, -0.25) is 10.1 Å². The zero-order valence-electron chi connectivity index (χ0n) is 10.3. The Bertz CT molecular complexity index is 253. The molecular weight excluding hydrogens is 208 g/mol. The summed E-state index contributed by atoms with van der Waals surface area (Å²) >= 11 is 0. The Kier molecular flexibility index (Phi) is 6.48. The Balaban J connectivity index is 4.30. The fraction of sp³-hybridized carbons (Fsp3) is 0.800. The highest BCUT2D eigenvalue weighted by Gasteiger charge is 2.19. The van der Waals surface area contributed by atoms with Crippen LogP contribution in [0.1, 0.15) is 34.1 Å². The summed E-state index contributed by atoms with van der Waals surface area (Å²) in [7, 11) is 0. The van der Waals surface area contributed by atoms with E-state index < -0.39 is 0 Å². The number of nitrogens with two attached hydrogens (primary N) is 1. The minimum Gasteiger partial charge on any atom is -0.409 e. The van der Waals surface area contributed by atoms with Crippen molar-refractivity contribution in [3.05, 3.63) is 0 Å². The minimum atomic E-state index is -0.382. The quantitative estimate of drug-likeness (QED) is 0.223. The van der Waals surface area contributed by atoms with Gasteiger partial charge in [0.25, 0.3) is 0 Å². The van der Waals surface area contributed by atoms with Crippen LogP contribution in [0.25, 0.3) is 0 Å². The molecule has 0 spiro atoms. The van der Waals surface area contributed by atoms with Crippen LogP contribution in [-0.4, -0.2) is 35.1 Å². The van der Waals surface area contributed by atoms with Gasteiger partial charge in [-0.1, -0.05) is 12.1 Å². The van der Waals surface area contributed by atoms with E-state index in [1.165, 1.54) is 0 Å². The largest absolute Gasteiger partial charge is 0.409 e. The molecule has 0 radical (unpaired) electrons. The maximum Gasteiger partial charge on any atom is 0.237 e. The van der Waals surface area contributed by atoms with Gasteiger partial charge in [-0.15, -0.1) is 0 Å². The topological polar surface area (TPSA) is 99.7 Å². The molecule has 0 aromatic rings. The molecule has 0 bridgehead atoms. The van der Waals surface area contributed by atoms with E-state index in [2.05, 4.69) is 15.8 Å². The summed E-state index contributed by atoms with van der Waals surface area (Å²) in [6, 6.07) is -0.578. The normalized spacial score (nSPS) is 15.9. The third kappa shape index (κ3) is 4.97. The molecule has 0 rings (SSSR count). The predicted molar refractivity (Wildman–Crippen MR) is 63.4 cm³/mol. The highest BCUT2D eigenvalue weighted by atomic mass is 16.4. The molecule has 94 valence electrons. The van der Waals surface area contributed by atoms with Gasteiger partial charge in [0.15, 0.2) is 5.84 Å². The summed E-state index contributed by atoms with van der Waals surface area (Å²) in [6.45, 7) is 7.42. The zero-order valence-corrected chi connectivity index (χ0v) is 10.3. The molecule has 0 heterocycles. The summed E-state index contributed by atoms with van der Waals surface area (Å²) in [5, 5.41) is 17.3. The van der Waals surface area contributed by atoms with Crippen LogP contribution in [0.5, 0.6) is 0 Å². The van der Waals surface area contributed by atoms with Crippen molar-refractivity contribution in [3.8, 4) is 0 Å². The fourth-order valence-corrected chi connectivity index (χ4v) is 1.27. The number of nitrogens with one attached hydrogen (secondary N) is 2. The highest BCUT2D eigenvalue weighted by molar-refractivity contribution is 5.87. The molecule has 0 fully saturated rings. The van der Waals surface area contributed by atoms with Crippen molar-refractivity contribution in [1.82, 2.24) is 10.6 Å². The lowest BCUT2D eigenvalue weighted by molar-refractivity contribution is -0.123. The summed E-state index contributed by atoms with van der Waals surface area (Å²) in [6.07, 6.45) is 0.648. The Morgan fingerprint density at radius 1 is 1.44 bits per heavy atom. The highest BCUT2D eigenvalue weighted by Crippen LogP contribution is 1.95. The Labute approximate surface area is 96.3 Å². The average molecular weight is 230 g/mol. The van der Waals surface area contributed by atoms with Gasteiger partial charge in [-0.2, -0.15) is 0 Å². The molecule has 0 aromatic carbocycles. The first-order chi connectivity index (χ1) is 7.42. The van der Waals surface area contributed by atoms with Crippen LogP contribution >= 0.6 is 0 Å². The second-order valence-corrected chi connectivity index (χ2v) is 4.04. The Morgan fingerprint density at radius 3 is 2.38 bits per heavy atom. The van der Waals surface area contributed by atoms with Gasteiger partial charge < -0.3 is 16.3 Å². The Morgan fingerprint density at radius 2 is 2.00 bits per heavy atom. The third-order valence-electron chi connectivity index (χ3n) is 2.16. The number of carbonyl (C=O) groups is 1. The van der Waals surface area contributed by atoms with Gasteiger partial charge in [0.2, 0.25) is 5.91 Å². The third-order valence-corrected chi connectivity index (χ3v) is 2.16. The van der Waals surface area contributed by atoms with Crippen molar-refractivity contribution < 1.29 is 10.0 Å². The summed E-state index contributed by atoms with van der Waals surface area (Å²) in [4.78, 5) is 11.6. The van der Waals surface area contributed by atoms with Crippen LogP contribution in [0.2, 0.25) is 0 Å². The van der Waals surface area contributed by atoms with Gasteiger partial charge in [-0.05, 0) is 27.2 Å². The van der Waals surface area contributed by atoms with E-state index >= 15 is 0 Å². The summed E-state index contributed by atoms with van der Waals surface area (Å²) < 4.78 is 0. The van der Waals surface area contributed by atoms with Crippen molar-refractivity contribution in [2.45, 2.75) is 52.2 Å². The number of carbonyl (C=O) groups excluding carboxylic acids is 1. The van der Waals surface area contributed by atoms with Gasteiger partial charge >= 0.3 is 0 Å². The molecule has 0 aliphatic heterocycles. The molecular formula is C10H22N4O2. The van der Waals surface area contributed by atoms with Gasteiger partial charge in [0.05, 0.1) is 12.1 Å². The zero-order chi connectivity index (χ0) is 12.7. The standard InChI is InChI=1S/C10H22N4O2/c1-5-8(9(11)14-16)13-7(4)10(15)12-6(2)3/h6-8,13,16H,5H2,1-4H3,(H2,11,14)(H,12,15). The van der Waals surface area contributed by atoms with Crippen molar-refractivity contribution in [2.24, 2.45) is 10.9 Å². The second kappa shape index (κ2) is 7.05. The molecule has 0 saturated carbocycles. The second-order valence-electron chi connectivity index (χ2n) is 4.04. The van der Waals surface area contributed by atoms with E-state index in [1.54, 1.807) is 6.92 Å². The molecule has 5 N–H and O–H groups in total. The number of hydrogen-bond acceptors (Lipinski definition) is 4. The molecule has 0 aromatic heterocycles. The number of amidine groups is 1. The number of oxime groups is 1. The monoisotopic (exact) mass is 230 g/mol.